The molecule has 0 spiro atoms. The maximum atomic E-state index is 11.4. The third-order valence-electron chi connectivity index (χ3n) is 2.07. The van der Waals surface area contributed by atoms with E-state index < -0.39 is 0 Å². The zero-order chi connectivity index (χ0) is 10.8. The van der Waals surface area contributed by atoms with Crippen molar-refractivity contribution >= 4 is 17.5 Å². The number of amides is 2. The Hall–Kier alpha value is -2.04. The summed E-state index contributed by atoms with van der Waals surface area (Å²) in [5.41, 5.74) is 1.36. The van der Waals surface area contributed by atoms with Gasteiger partial charge in [-0.05, 0) is 12.1 Å². The van der Waals surface area contributed by atoms with Crippen molar-refractivity contribution in [2.45, 2.75) is 13.3 Å². The molecule has 2 rings (SSSR count). The van der Waals surface area contributed by atoms with E-state index in [2.05, 4.69) is 10.1 Å². The molecule has 15 heavy (non-hydrogen) atoms. The number of carbonyl (C=O) groups excluding carboxylic acids is 2. The van der Waals surface area contributed by atoms with Crippen LogP contribution in [0.25, 0.3) is 0 Å². The lowest BCUT2D eigenvalue weighted by atomic mass is 10.1. The number of hydrogen-bond donors (Lipinski definition) is 0. The molecule has 5 heteroatoms. The SMILES string of the molecule is CC(=O)N1N=C(c2cccnc2)CC1=O. The summed E-state index contributed by atoms with van der Waals surface area (Å²) in [5, 5.41) is 4.84. The van der Waals surface area contributed by atoms with Gasteiger partial charge in [0.1, 0.15) is 0 Å². The summed E-state index contributed by atoms with van der Waals surface area (Å²) in [7, 11) is 0. The molecule has 0 radical (unpaired) electrons. The van der Waals surface area contributed by atoms with Gasteiger partial charge >= 0.3 is 0 Å². The van der Waals surface area contributed by atoms with E-state index in [1.165, 1.54) is 6.92 Å². The molecule has 1 aliphatic heterocycles. The fourth-order valence-electron chi connectivity index (χ4n) is 1.37. The topological polar surface area (TPSA) is 62.6 Å². The van der Waals surface area contributed by atoms with E-state index in [0.29, 0.717) is 5.71 Å². The molecule has 1 aromatic rings. The third-order valence-corrected chi connectivity index (χ3v) is 2.07. The van der Waals surface area contributed by atoms with E-state index >= 15 is 0 Å². The van der Waals surface area contributed by atoms with Crippen molar-refractivity contribution in [1.29, 1.82) is 0 Å². The van der Waals surface area contributed by atoms with Gasteiger partial charge in [-0.3, -0.25) is 14.6 Å². The second-order valence-electron chi connectivity index (χ2n) is 3.19. The lowest BCUT2D eigenvalue weighted by Crippen LogP contribution is -2.25. The van der Waals surface area contributed by atoms with Gasteiger partial charge in [-0.15, -0.1) is 0 Å². The highest BCUT2D eigenvalue weighted by molar-refractivity contribution is 6.16. The Kier molecular flexibility index (Phi) is 2.29. The fraction of sp³-hybridized carbons (Fsp3) is 0.200. The predicted molar refractivity (Wildman–Crippen MR) is 52.9 cm³/mol. The number of nitrogens with zero attached hydrogens (tertiary/aromatic N) is 3. The van der Waals surface area contributed by atoms with Gasteiger partial charge < -0.3 is 0 Å². The molecule has 0 N–H and O–H groups in total. The molecule has 0 aliphatic carbocycles. The molecular weight excluding hydrogens is 194 g/mol. The minimum Gasteiger partial charge on any atom is -0.273 e. The number of rotatable bonds is 1. The highest BCUT2D eigenvalue weighted by atomic mass is 16.2. The van der Waals surface area contributed by atoms with E-state index in [1.807, 2.05) is 6.07 Å². The summed E-state index contributed by atoms with van der Waals surface area (Å²) in [4.78, 5) is 26.3. The Morgan fingerprint density at radius 2 is 2.33 bits per heavy atom. The molecule has 0 bridgehead atoms. The van der Waals surface area contributed by atoms with Crippen LogP contribution in [0.1, 0.15) is 18.9 Å². The molecule has 0 saturated carbocycles. The number of pyridine rings is 1. The molecule has 76 valence electrons. The summed E-state index contributed by atoms with van der Waals surface area (Å²) in [5.74, 6) is -0.653. The molecule has 5 nitrogen and oxygen atoms in total. The van der Waals surface area contributed by atoms with Crippen LogP contribution in [0.5, 0.6) is 0 Å². The van der Waals surface area contributed by atoms with Crippen LogP contribution in [-0.4, -0.2) is 27.5 Å². The summed E-state index contributed by atoms with van der Waals surface area (Å²) < 4.78 is 0. The minimum atomic E-state index is -0.362. The van der Waals surface area contributed by atoms with Gasteiger partial charge in [0.15, 0.2) is 0 Å². The normalized spacial score (nSPS) is 15.4. The number of aromatic nitrogens is 1. The zero-order valence-electron chi connectivity index (χ0n) is 8.17. The Balaban J connectivity index is 2.31. The first-order valence-corrected chi connectivity index (χ1v) is 4.50. The van der Waals surface area contributed by atoms with Gasteiger partial charge in [0.2, 0.25) is 5.91 Å². The molecule has 0 unspecified atom stereocenters. The lowest BCUT2D eigenvalue weighted by molar-refractivity contribution is -0.141. The number of carbonyl (C=O) groups is 2. The van der Waals surface area contributed by atoms with Crippen molar-refractivity contribution in [3.8, 4) is 0 Å². The van der Waals surface area contributed by atoms with Crippen molar-refractivity contribution in [1.82, 2.24) is 9.99 Å². The van der Waals surface area contributed by atoms with Gasteiger partial charge in [-0.2, -0.15) is 10.1 Å². The van der Waals surface area contributed by atoms with Crippen LogP contribution < -0.4 is 0 Å². The molecule has 0 saturated heterocycles. The summed E-state index contributed by atoms with van der Waals surface area (Å²) >= 11 is 0. The van der Waals surface area contributed by atoms with Crippen LogP contribution in [0.15, 0.2) is 29.6 Å². The maximum Gasteiger partial charge on any atom is 0.256 e. The number of imide groups is 1. The van der Waals surface area contributed by atoms with Gasteiger partial charge in [-0.1, -0.05) is 0 Å². The monoisotopic (exact) mass is 203 g/mol. The summed E-state index contributed by atoms with van der Waals surface area (Å²) in [6.45, 7) is 1.31. The fourth-order valence-corrected chi connectivity index (χ4v) is 1.37. The first-order chi connectivity index (χ1) is 7.18. The van der Waals surface area contributed by atoms with Crippen molar-refractivity contribution in [3.05, 3.63) is 30.1 Å². The van der Waals surface area contributed by atoms with Crippen LogP contribution in [0.3, 0.4) is 0 Å². The standard InChI is InChI=1S/C10H9N3O2/c1-7(14)13-10(15)5-9(12-13)8-3-2-4-11-6-8/h2-4,6H,5H2,1H3. The van der Waals surface area contributed by atoms with Crippen molar-refractivity contribution in [3.63, 3.8) is 0 Å². The van der Waals surface area contributed by atoms with E-state index in [4.69, 9.17) is 0 Å². The number of hydrogen-bond acceptors (Lipinski definition) is 4. The molecule has 2 heterocycles. The predicted octanol–water partition coefficient (Wildman–Crippen LogP) is 0.565. The van der Waals surface area contributed by atoms with Gasteiger partial charge in [0, 0.05) is 24.9 Å². The Labute approximate surface area is 86.4 Å². The summed E-state index contributed by atoms with van der Waals surface area (Å²) in [6.07, 6.45) is 3.42. The van der Waals surface area contributed by atoms with E-state index in [1.54, 1.807) is 18.5 Å². The highest BCUT2D eigenvalue weighted by Gasteiger charge is 2.27. The minimum absolute atomic E-state index is 0.158. The largest absolute Gasteiger partial charge is 0.273 e. The zero-order valence-corrected chi connectivity index (χ0v) is 8.17. The Morgan fingerprint density at radius 3 is 2.87 bits per heavy atom. The van der Waals surface area contributed by atoms with E-state index in [9.17, 15) is 9.59 Å². The Bertz CT molecular complexity index is 439. The van der Waals surface area contributed by atoms with Crippen LogP contribution in [0.2, 0.25) is 0 Å². The molecular formula is C10H9N3O2. The van der Waals surface area contributed by atoms with E-state index in [-0.39, 0.29) is 18.2 Å². The third kappa shape index (κ3) is 1.76. The highest BCUT2D eigenvalue weighted by Crippen LogP contribution is 2.13. The smallest absolute Gasteiger partial charge is 0.256 e. The Morgan fingerprint density at radius 1 is 1.53 bits per heavy atom. The van der Waals surface area contributed by atoms with Crippen molar-refractivity contribution in [2.75, 3.05) is 0 Å². The molecule has 1 aromatic heterocycles. The quantitative estimate of drug-likeness (QED) is 0.670. The first kappa shape index (κ1) is 9.51. The molecule has 0 atom stereocenters. The number of hydrazone groups is 1. The van der Waals surface area contributed by atoms with Crippen LogP contribution in [0, 0.1) is 0 Å². The van der Waals surface area contributed by atoms with Gasteiger partial charge in [-0.25, -0.2) is 0 Å². The van der Waals surface area contributed by atoms with Crippen LogP contribution in [0.4, 0.5) is 0 Å². The van der Waals surface area contributed by atoms with Crippen molar-refractivity contribution in [2.24, 2.45) is 5.10 Å². The average molecular weight is 203 g/mol. The average Bonchev–Trinajstić information content (AvgIpc) is 2.62. The molecule has 0 aromatic carbocycles. The molecule has 2 amide bonds. The maximum absolute atomic E-state index is 11.4. The second-order valence-corrected chi connectivity index (χ2v) is 3.19. The van der Waals surface area contributed by atoms with E-state index in [0.717, 1.165) is 10.6 Å². The van der Waals surface area contributed by atoms with Crippen LogP contribution in [-0.2, 0) is 9.59 Å². The second kappa shape index (κ2) is 3.61. The van der Waals surface area contributed by atoms with Crippen molar-refractivity contribution < 1.29 is 9.59 Å². The molecule has 0 fully saturated rings. The van der Waals surface area contributed by atoms with Crippen LogP contribution >= 0.6 is 0 Å². The summed E-state index contributed by atoms with van der Waals surface area (Å²) in [6, 6.07) is 3.57. The first-order valence-electron chi connectivity index (χ1n) is 4.50. The van der Waals surface area contributed by atoms with Gasteiger partial charge in [0.05, 0.1) is 12.1 Å². The van der Waals surface area contributed by atoms with Gasteiger partial charge in [0.25, 0.3) is 5.91 Å². The molecule has 1 aliphatic rings. The lowest BCUT2D eigenvalue weighted by Gasteiger charge is -2.03.